The minimum atomic E-state index is 0.0799. The van der Waals surface area contributed by atoms with E-state index in [-0.39, 0.29) is 5.78 Å². The summed E-state index contributed by atoms with van der Waals surface area (Å²) in [7, 11) is 0. The van der Waals surface area contributed by atoms with Crippen LogP contribution in [0, 0.1) is 0 Å². The maximum absolute atomic E-state index is 11.4. The summed E-state index contributed by atoms with van der Waals surface area (Å²) in [6, 6.07) is 10.4. The van der Waals surface area contributed by atoms with Crippen molar-refractivity contribution in [1.29, 1.82) is 0 Å². The second-order valence-corrected chi connectivity index (χ2v) is 5.93. The molecule has 21 heavy (non-hydrogen) atoms. The average Bonchev–Trinajstić information content (AvgIpc) is 2.83. The lowest BCUT2D eigenvalue weighted by atomic mass is 10.1. The molecule has 0 N–H and O–H groups in total. The molecule has 1 aliphatic rings. The predicted octanol–water partition coefficient (Wildman–Crippen LogP) is 4.11. The molecule has 0 fully saturated rings. The Labute approximate surface area is 128 Å². The molecule has 0 atom stereocenters. The molecule has 0 saturated carbocycles. The van der Waals surface area contributed by atoms with Gasteiger partial charge in [-0.3, -0.25) is 9.78 Å². The summed E-state index contributed by atoms with van der Waals surface area (Å²) in [4.78, 5) is 18.9. The van der Waals surface area contributed by atoms with Gasteiger partial charge in [0.1, 0.15) is 0 Å². The Kier molecular flexibility index (Phi) is 3.80. The smallest absolute Gasteiger partial charge is 0.155 e. The molecule has 0 aliphatic carbocycles. The van der Waals surface area contributed by atoms with Crippen LogP contribution in [-0.4, -0.2) is 17.3 Å². The number of anilines is 1. The molecule has 0 unspecified atom stereocenters. The summed E-state index contributed by atoms with van der Waals surface area (Å²) in [5.41, 5.74) is 3.41. The number of allylic oxidation sites excluding steroid dienone is 1. The van der Waals surface area contributed by atoms with Crippen LogP contribution in [0.2, 0.25) is 0 Å². The molecule has 4 heteroatoms. The number of rotatable bonds is 3. The van der Waals surface area contributed by atoms with Gasteiger partial charge in [-0.25, -0.2) is 0 Å². The minimum Gasteiger partial charge on any atom is -0.335 e. The van der Waals surface area contributed by atoms with Crippen molar-refractivity contribution in [3.05, 3.63) is 53.8 Å². The van der Waals surface area contributed by atoms with E-state index in [0.717, 1.165) is 28.4 Å². The van der Waals surface area contributed by atoms with Gasteiger partial charge < -0.3 is 4.90 Å². The Bertz CT molecular complexity index is 710. The van der Waals surface area contributed by atoms with Crippen LogP contribution in [0.25, 0.3) is 11.1 Å². The standard InChI is InChI=1S/C17H16N2OS/c1-3-19-15-10-13(14-5-4-8-18-11-14)6-7-16(15)21-17(19)9-12(2)20/h4-11H,3H2,1-2H3/b17-9-. The molecule has 0 radical (unpaired) electrons. The highest BCUT2D eigenvalue weighted by Crippen LogP contribution is 2.47. The molecule has 0 amide bonds. The summed E-state index contributed by atoms with van der Waals surface area (Å²) in [5, 5.41) is 1.00. The third kappa shape index (κ3) is 2.72. The Hall–Kier alpha value is -2.07. The number of benzene rings is 1. The van der Waals surface area contributed by atoms with E-state index in [1.54, 1.807) is 31.0 Å². The van der Waals surface area contributed by atoms with Gasteiger partial charge in [0.15, 0.2) is 5.78 Å². The fourth-order valence-corrected chi connectivity index (χ4v) is 3.62. The van der Waals surface area contributed by atoms with Crippen molar-refractivity contribution in [1.82, 2.24) is 4.98 Å². The van der Waals surface area contributed by atoms with E-state index in [1.165, 1.54) is 4.90 Å². The van der Waals surface area contributed by atoms with Gasteiger partial charge in [-0.1, -0.05) is 23.9 Å². The largest absolute Gasteiger partial charge is 0.335 e. The van der Waals surface area contributed by atoms with Gasteiger partial charge in [-0.2, -0.15) is 0 Å². The highest BCUT2D eigenvalue weighted by atomic mass is 32.2. The lowest BCUT2D eigenvalue weighted by Gasteiger charge is -2.18. The summed E-state index contributed by atoms with van der Waals surface area (Å²) >= 11 is 1.65. The fourth-order valence-electron chi connectivity index (χ4n) is 2.42. The number of hydrogen-bond acceptors (Lipinski definition) is 4. The molecule has 3 nitrogen and oxygen atoms in total. The third-order valence-electron chi connectivity index (χ3n) is 3.37. The number of pyridine rings is 1. The number of carbonyl (C=O) groups excluding carboxylic acids is 1. The fraction of sp³-hybridized carbons (Fsp3) is 0.176. The quantitative estimate of drug-likeness (QED) is 0.798. The van der Waals surface area contributed by atoms with E-state index in [4.69, 9.17) is 0 Å². The Morgan fingerprint density at radius 2 is 2.19 bits per heavy atom. The second kappa shape index (κ2) is 5.74. The third-order valence-corrected chi connectivity index (χ3v) is 4.48. The van der Waals surface area contributed by atoms with E-state index in [0.29, 0.717) is 0 Å². The lowest BCUT2D eigenvalue weighted by molar-refractivity contribution is -0.112. The van der Waals surface area contributed by atoms with E-state index < -0.39 is 0 Å². The average molecular weight is 296 g/mol. The molecular weight excluding hydrogens is 280 g/mol. The van der Waals surface area contributed by atoms with Gasteiger partial charge in [0.05, 0.1) is 10.7 Å². The molecule has 106 valence electrons. The summed E-state index contributed by atoms with van der Waals surface area (Å²) < 4.78 is 0. The molecule has 2 heterocycles. The van der Waals surface area contributed by atoms with Gasteiger partial charge in [-0.05, 0) is 37.6 Å². The van der Waals surface area contributed by atoms with Crippen molar-refractivity contribution in [2.45, 2.75) is 18.7 Å². The van der Waals surface area contributed by atoms with E-state index in [9.17, 15) is 4.79 Å². The maximum atomic E-state index is 11.4. The van der Waals surface area contributed by atoms with Crippen LogP contribution in [0.15, 0.2) is 58.7 Å². The van der Waals surface area contributed by atoms with Gasteiger partial charge in [0.2, 0.25) is 0 Å². The number of nitrogens with zero attached hydrogens (tertiary/aromatic N) is 2. The first-order chi connectivity index (χ1) is 10.2. The molecule has 3 rings (SSSR count). The molecule has 2 aromatic rings. The number of hydrogen-bond donors (Lipinski definition) is 0. The zero-order valence-electron chi connectivity index (χ0n) is 12.0. The Balaban J connectivity index is 2.03. The zero-order valence-corrected chi connectivity index (χ0v) is 12.9. The van der Waals surface area contributed by atoms with Crippen LogP contribution in [-0.2, 0) is 4.79 Å². The summed E-state index contributed by atoms with van der Waals surface area (Å²) in [6.07, 6.45) is 5.35. The van der Waals surface area contributed by atoms with Gasteiger partial charge in [0, 0.05) is 35.5 Å². The van der Waals surface area contributed by atoms with Crippen LogP contribution in [0.5, 0.6) is 0 Å². The van der Waals surface area contributed by atoms with Crippen molar-refractivity contribution >= 4 is 23.2 Å². The maximum Gasteiger partial charge on any atom is 0.155 e. The Morgan fingerprint density at radius 1 is 1.33 bits per heavy atom. The first-order valence-corrected chi connectivity index (χ1v) is 7.73. The number of ketones is 1. The van der Waals surface area contributed by atoms with Crippen LogP contribution in [0.3, 0.4) is 0 Å². The number of fused-ring (bicyclic) bond motifs is 1. The number of aromatic nitrogens is 1. The predicted molar refractivity (Wildman–Crippen MR) is 87.3 cm³/mol. The van der Waals surface area contributed by atoms with Crippen molar-refractivity contribution in [3.63, 3.8) is 0 Å². The van der Waals surface area contributed by atoms with Crippen LogP contribution in [0.4, 0.5) is 5.69 Å². The first kappa shape index (κ1) is 13.9. The van der Waals surface area contributed by atoms with Crippen LogP contribution < -0.4 is 4.90 Å². The van der Waals surface area contributed by atoms with Crippen molar-refractivity contribution < 1.29 is 4.79 Å². The Morgan fingerprint density at radius 3 is 2.86 bits per heavy atom. The second-order valence-electron chi connectivity index (χ2n) is 4.86. The van der Waals surface area contributed by atoms with Crippen molar-refractivity contribution in [2.75, 3.05) is 11.4 Å². The van der Waals surface area contributed by atoms with Gasteiger partial charge in [-0.15, -0.1) is 0 Å². The monoisotopic (exact) mass is 296 g/mol. The first-order valence-electron chi connectivity index (χ1n) is 6.91. The molecule has 0 spiro atoms. The molecule has 0 bridgehead atoms. The molecule has 0 saturated heterocycles. The lowest BCUT2D eigenvalue weighted by Crippen LogP contribution is -2.17. The van der Waals surface area contributed by atoms with Crippen molar-refractivity contribution in [3.8, 4) is 11.1 Å². The van der Waals surface area contributed by atoms with Gasteiger partial charge in [0.25, 0.3) is 0 Å². The minimum absolute atomic E-state index is 0.0799. The molecule has 1 aliphatic heterocycles. The topological polar surface area (TPSA) is 33.2 Å². The highest BCUT2D eigenvalue weighted by molar-refractivity contribution is 8.03. The van der Waals surface area contributed by atoms with Crippen LogP contribution >= 0.6 is 11.8 Å². The SMILES string of the molecule is CCN1/C(=C/C(C)=O)Sc2ccc(-c3cccnc3)cc21. The van der Waals surface area contributed by atoms with E-state index >= 15 is 0 Å². The van der Waals surface area contributed by atoms with Crippen molar-refractivity contribution in [2.24, 2.45) is 0 Å². The number of thioether (sulfide) groups is 1. The van der Waals surface area contributed by atoms with Crippen LogP contribution in [0.1, 0.15) is 13.8 Å². The van der Waals surface area contributed by atoms with E-state index in [1.807, 2.05) is 12.3 Å². The number of carbonyl (C=O) groups is 1. The molecule has 1 aromatic heterocycles. The molecular formula is C17H16N2OS. The van der Waals surface area contributed by atoms with Gasteiger partial charge >= 0.3 is 0 Å². The normalized spacial score (nSPS) is 15.3. The highest BCUT2D eigenvalue weighted by Gasteiger charge is 2.24. The summed E-state index contributed by atoms with van der Waals surface area (Å²) in [6.45, 7) is 4.53. The molecule has 1 aromatic carbocycles. The zero-order chi connectivity index (χ0) is 14.8. The summed E-state index contributed by atoms with van der Waals surface area (Å²) in [5.74, 6) is 0.0799. The van der Waals surface area contributed by atoms with E-state index in [2.05, 4.69) is 41.1 Å².